The van der Waals surface area contributed by atoms with Crippen LogP contribution in [0.3, 0.4) is 0 Å². The molecule has 0 atom stereocenters. The standard InChI is InChI=1S/C15H19N5/c1-2-3-10-20-15(16-11-17-20)9-8-14-18-12-6-4-5-7-13(12)19-14/h4-7,11H,2-3,8-10H2,1H3,(H,18,19). The molecule has 0 bridgehead atoms. The summed E-state index contributed by atoms with van der Waals surface area (Å²) in [6, 6.07) is 8.11. The summed E-state index contributed by atoms with van der Waals surface area (Å²) in [5.41, 5.74) is 2.12. The number of nitrogens with zero attached hydrogens (tertiary/aromatic N) is 4. The number of benzene rings is 1. The predicted molar refractivity (Wildman–Crippen MR) is 78.4 cm³/mol. The highest BCUT2D eigenvalue weighted by Crippen LogP contribution is 2.11. The summed E-state index contributed by atoms with van der Waals surface area (Å²) >= 11 is 0. The molecular formula is C15H19N5. The molecule has 1 N–H and O–H groups in total. The maximum Gasteiger partial charge on any atom is 0.138 e. The van der Waals surface area contributed by atoms with E-state index >= 15 is 0 Å². The quantitative estimate of drug-likeness (QED) is 0.748. The Balaban J connectivity index is 1.68. The first kappa shape index (κ1) is 12.8. The van der Waals surface area contributed by atoms with E-state index in [1.165, 1.54) is 6.42 Å². The zero-order valence-corrected chi connectivity index (χ0v) is 11.7. The molecule has 0 unspecified atom stereocenters. The molecule has 2 aromatic heterocycles. The van der Waals surface area contributed by atoms with Crippen molar-refractivity contribution < 1.29 is 0 Å². The minimum Gasteiger partial charge on any atom is -0.342 e. The van der Waals surface area contributed by atoms with Crippen LogP contribution in [-0.4, -0.2) is 24.7 Å². The molecule has 5 nitrogen and oxygen atoms in total. The number of nitrogens with one attached hydrogen (secondary N) is 1. The highest BCUT2D eigenvalue weighted by molar-refractivity contribution is 5.74. The minimum absolute atomic E-state index is 0.861. The number of hydrogen-bond donors (Lipinski definition) is 1. The van der Waals surface area contributed by atoms with Crippen molar-refractivity contribution in [3.8, 4) is 0 Å². The predicted octanol–water partition coefficient (Wildman–Crippen LogP) is 2.74. The zero-order valence-electron chi connectivity index (χ0n) is 11.7. The van der Waals surface area contributed by atoms with E-state index in [1.54, 1.807) is 6.33 Å². The second-order valence-electron chi connectivity index (χ2n) is 4.95. The van der Waals surface area contributed by atoms with Gasteiger partial charge in [-0.25, -0.2) is 9.97 Å². The van der Waals surface area contributed by atoms with Crippen LogP contribution in [0, 0.1) is 0 Å². The second kappa shape index (κ2) is 5.86. The molecule has 1 aromatic carbocycles. The van der Waals surface area contributed by atoms with Gasteiger partial charge in [-0.2, -0.15) is 5.10 Å². The van der Waals surface area contributed by atoms with Crippen molar-refractivity contribution in [3.63, 3.8) is 0 Å². The van der Waals surface area contributed by atoms with Crippen molar-refractivity contribution in [1.29, 1.82) is 0 Å². The number of aromatic nitrogens is 5. The lowest BCUT2D eigenvalue weighted by atomic mass is 10.3. The van der Waals surface area contributed by atoms with Crippen LogP contribution in [0.4, 0.5) is 0 Å². The van der Waals surface area contributed by atoms with Gasteiger partial charge in [-0.3, -0.25) is 4.68 Å². The number of imidazole rings is 1. The summed E-state index contributed by atoms with van der Waals surface area (Å²) < 4.78 is 2.01. The fourth-order valence-electron chi connectivity index (χ4n) is 2.33. The molecule has 0 aliphatic rings. The highest BCUT2D eigenvalue weighted by atomic mass is 15.3. The first-order valence-electron chi connectivity index (χ1n) is 7.17. The number of unbranched alkanes of at least 4 members (excludes halogenated alkanes) is 1. The van der Waals surface area contributed by atoms with Gasteiger partial charge in [0.15, 0.2) is 0 Å². The van der Waals surface area contributed by atoms with Gasteiger partial charge in [-0.15, -0.1) is 0 Å². The molecule has 0 radical (unpaired) electrons. The lowest BCUT2D eigenvalue weighted by Crippen LogP contribution is -2.07. The third-order valence-electron chi connectivity index (χ3n) is 3.44. The van der Waals surface area contributed by atoms with Gasteiger partial charge in [0.05, 0.1) is 11.0 Å². The Morgan fingerprint density at radius 1 is 1.20 bits per heavy atom. The van der Waals surface area contributed by atoms with Crippen molar-refractivity contribution in [2.75, 3.05) is 0 Å². The molecule has 0 saturated heterocycles. The molecule has 0 aliphatic carbocycles. The van der Waals surface area contributed by atoms with E-state index < -0.39 is 0 Å². The van der Waals surface area contributed by atoms with E-state index in [4.69, 9.17) is 0 Å². The number of aromatic amines is 1. The smallest absolute Gasteiger partial charge is 0.138 e. The summed E-state index contributed by atoms with van der Waals surface area (Å²) in [4.78, 5) is 12.3. The van der Waals surface area contributed by atoms with Gasteiger partial charge >= 0.3 is 0 Å². The van der Waals surface area contributed by atoms with Crippen LogP contribution < -0.4 is 0 Å². The van der Waals surface area contributed by atoms with Gasteiger partial charge in [0.25, 0.3) is 0 Å². The molecule has 104 valence electrons. The molecule has 3 rings (SSSR count). The fourth-order valence-corrected chi connectivity index (χ4v) is 2.33. The molecule has 0 spiro atoms. The number of aryl methyl sites for hydroxylation is 3. The summed E-state index contributed by atoms with van der Waals surface area (Å²) in [6.45, 7) is 3.14. The number of para-hydroxylation sites is 2. The average molecular weight is 269 g/mol. The van der Waals surface area contributed by atoms with Crippen LogP contribution >= 0.6 is 0 Å². The van der Waals surface area contributed by atoms with Crippen molar-refractivity contribution >= 4 is 11.0 Å². The number of fused-ring (bicyclic) bond motifs is 1. The summed E-state index contributed by atoms with van der Waals surface area (Å²) in [6.07, 6.45) is 5.68. The first-order valence-corrected chi connectivity index (χ1v) is 7.17. The van der Waals surface area contributed by atoms with Gasteiger partial charge < -0.3 is 4.98 Å². The maximum absolute atomic E-state index is 4.59. The molecule has 0 fully saturated rings. The second-order valence-corrected chi connectivity index (χ2v) is 4.95. The molecule has 0 amide bonds. The molecule has 2 heterocycles. The van der Waals surface area contributed by atoms with E-state index in [2.05, 4.69) is 33.0 Å². The van der Waals surface area contributed by atoms with Crippen LogP contribution in [0.2, 0.25) is 0 Å². The van der Waals surface area contributed by atoms with Crippen LogP contribution in [0.25, 0.3) is 11.0 Å². The number of H-pyrrole nitrogens is 1. The normalized spacial score (nSPS) is 11.2. The van der Waals surface area contributed by atoms with Crippen molar-refractivity contribution in [2.45, 2.75) is 39.2 Å². The largest absolute Gasteiger partial charge is 0.342 e. The number of rotatable bonds is 6. The van der Waals surface area contributed by atoms with Crippen molar-refractivity contribution in [3.05, 3.63) is 42.2 Å². The summed E-state index contributed by atoms with van der Waals surface area (Å²) in [5, 5.41) is 4.28. The monoisotopic (exact) mass is 269 g/mol. The summed E-state index contributed by atoms with van der Waals surface area (Å²) in [7, 11) is 0. The van der Waals surface area contributed by atoms with E-state index in [9.17, 15) is 0 Å². The van der Waals surface area contributed by atoms with Crippen LogP contribution in [0.1, 0.15) is 31.4 Å². The Kier molecular flexibility index (Phi) is 3.76. The van der Waals surface area contributed by atoms with Gasteiger partial charge in [0.1, 0.15) is 18.0 Å². The zero-order chi connectivity index (χ0) is 13.8. The molecule has 0 saturated carbocycles. The molecule has 20 heavy (non-hydrogen) atoms. The van der Waals surface area contributed by atoms with Gasteiger partial charge in [-0.1, -0.05) is 25.5 Å². The van der Waals surface area contributed by atoms with Crippen LogP contribution in [0.15, 0.2) is 30.6 Å². The maximum atomic E-state index is 4.59. The Hall–Kier alpha value is -2.17. The van der Waals surface area contributed by atoms with Crippen molar-refractivity contribution in [2.24, 2.45) is 0 Å². The lowest BCUT2D eigenvalue weighted by Gasteiger charge is -2.03. The van der Waals surface area contributed by atoms with Gasteiger partial charge in [-0.05, 0) is 18.6 Å². The van der Waals surface area contributed by atoms with E-state index in [0.717, 1.165) is 48.5 Å². The average Bonchev–Trinajstić information content (AvgIpc) is 3.08. The highest BCUT2D eigenvalue weighted by Gasteiger charge is 2.07. The minimum atomic E-state index is 0.861. The number of hydrogen-bond acceptors (Lipinski definition) is 3. The fraction of sp³-hybridized carbons (Fsp3) is 0.400. The summed E-state index contributed by atoms with van der Waals surface area (Å²) in [5.74, 6) is 2.05. The molecule has 5 heteroatoms. The van der Waals surface area contributed by atoms with Crippen molar-refractivity contribution in [1.82, 2.24) is 24.7 Å². The van der Waals surface area contributed by atoms with E-state index in [-0.39, 0.29) is 0 Å². The molecule has 3 aromatic rings. The van der Waals surface area contributed by atoms with E-state index in [1.807, 2.05) is 22.9 Å². The van der Waals surface area contributed by atoms with Gasteiger partial charge in [0.2, 0.25) is 0 Å². The third-order valence-corrected chi connectivity index (χ3v) is 3.44. The van der Waals surface area contributed by atoms with Crippen LogP contribution in [0.5, 0.6) is 0 Å². The Labute approximate surface area is 118 Å². The molecule has 0 aliphatic heterocycles. The van der Waals surface area contributed by atoms with Gasteiger partial charge in [0, 0.05) is 19.4 Å². The Bertz CT molecular complexity index is 649. The molecular weight excluding hydrogens is 250 g/mol. The third kappa shape index (κ3) is 2.71. The Morgan fingerprint density at radius 2 is 2.10 bits per heavy atom. The van der Waals surface area contributed by atoms with E-state index in [0.29, 0.717) is 0 Å². The van der Waals surface area contributed by atoms with Crippen LogP contribution in [-0.2, 0) is 19.4 Å². The first-order chi connectivity index (χ1) is 9.86. The SMILES string of the molecule is CCCCn1ncnc1CCc1nc2ccccc2[nH]1. The Morgan fingerprint density at radius 3 is 2.95 bits per heavy atom. The lowest BCUT2D eigenvalue weighted by molar-refractivity contribution is 0.542. The topological polar surface area (TPSA) is 59.4 Å².